The van der Waals surface area contributed by atoms with Crippen LogP contribution in [0.5, 0.6) is 0 Å². The molecule has 2 unspecified atom stereocenters. The molecule has 0 saturated heterocycles. The van der Waals surface area contributed by atoms with Crippen LogP contribution in [0, 0.1) is 0 Å². The van der Waals surface area contributed by atoms with E-state index in [0.717, 1.165) is 0 Å². The minimum atomic E-state index is -3.69. The van der Waals surface area contributed by atoms with Gasteiger partial charge in [0.25, 0.3) is 0 Å². The number of sulfonamides is 1. The fourth-order valence-electron chi connectivity index (χ4n) is 1.79. The van der Waals surface area contributed by atoms with E-state index in [1.54, 1.807) is 13.2 Å². The molecular formula is C13H19NO5S2. The molecule has 0 fully saturated rings. The van der Waals surface area contributed by atoms with Crippen molar-refractivity contribution in [3.8, 4) is 0 Å². The highest BCUT2D eigenvalue weighted by molar-refractivity contribution is 7.99. The van der Waals surface area contributed by atoms with Gasteiger partial charge in [0.15, 0.2) is 0 Å². The number of hydrogen-bond acceptors (Lipinski definition) is 5. The van der Waals surface area contributed by atoms with Gasteiger partial charge in [-0.3, -0.25) is 4.79 Å². The SMILES string of the molecule is CSC(CO)C(C)NS(=O)(=O)c1ccc(CC(=O)O)cc1. The van der Waals surface area contributed by atoms with Crippen LogP contribution < -0.4 is 4.72 Å². The third-order valence-corrected chi connectivity index (χ3v) is 5.71. The molecule has 0 saturated carbocycles. The molecule has 0 amide bonds. The van der Waals surface area contributed by atoms with Gasteiger partial charge in [0.2, 0.25) is 10.0 Å². The second-order valence-electron chi connectivity index (χ2n) is 4.58. The summed E-state index contributed by atoms with van der Waals surface area (Å²) in [5, 5.41) is 17.6. The molecule has 0 spiro atoms. The van der Waals surface area contributed by atoms with E-state index in [1.807, 2.05) is 0 Å². The number of aliphatic hydroxyl groups excluding tert-OH is 1. The Bertz CT molecular complexity index is 567. The fraction of sp³-hybridized carbons (Fsp3) is 0.462. The summed E-state index contributed by atoms with van der Waals surface area (Å²) in [5.41, 5.74) is 0.534. The molecule has 1 aromatic rings. The summed E-state index contributed by atoms with van der Waals surface area (Å²) < 4.78 is 26.9. The van der Waals surface area contributed by atoms with Crippen LogP contribution in [0.3, 0.4) is 0 Å². The molecule has 0 aliphatic heterocycles. The Morgan fingerprint density at radius 1 is 1.33 bits per heavy atom. The first-order valence-corrected chi connectivity index (χ1v) is 9.04. The van der Waals surface area contributed by atoms with E-state index in [1.165, 1.54) is 36.0 Å². The van der Waals surface area contributed by atoms with E-state index in [-0.39, 0.29) is 23.2 Å². The summed E-state index contributed by atoms with van der Waals surface area (Å²) in [6.07, 6.45) is 1.65. The van der Waals surface area contributed by atoms with Crippen LogP contribution in [-0.2, 0) is 21.2 Å². The molecular weight excluding hydrogens is 314 g/mol. The van der Waals surface area contributed by atoms with Crippen LogP contribution in [-0.4, -0.2) is 48.8 Å². The normalized spacial score (nSPS) is 14.6. The Morgan fingerprint density at radius 3 is 2.33 bits per heavy atom. The van der Waals surface area contributed by atoms with Gasteiger partial charge in [-0.25, -0.2) is 13.1 Å². The molecule has 0 bridgehead atoms. The maximum Gasteiger partial charge on any atom is 0.307 e. The zero-order valence-corrected chi connectivity index (χ0v) is 13.4. The number of thioether (sulfide) groups is 1. The van der Waals surface area contributed by atoms with Gasteiger partial charge in [-0.1, -0.05) is 12.1 Å². The van der Waals surface area contributed by atoms with Gasteiger partial charge in [-0.15, -0.1) is 0 Å². The van der Waals surface area contributed by atoms with Crippen LogP contribution in [0.1, 0.15) is 12.5 Å². The van der Waals surface area contributed by atoms with Gasteiger partial charge >= 0.3 is 5.97 Å². The van der Waals surface area contributed by atoms with Crippen LogP contribution >= 0.6 is 11.8 Å². The van der Waals surface area contributed by atoms with E-state index < -0.39 is 22.0 Å². The van der Waals surface area contributed by atoms with Crippen molar-refractivity contribution in [1.82, 2.24) is 4.72 Å². The molecule has 0 heterocycles. The van der Waals surface area contributed by atoms with Gasteiger partial charge in [-0.05, 0) is 30.9 Å². The highest BCUT2D eigenvalue weighted by Gasteiger charge is 2.22. The number of rotatable bonds is 8. The Balaban J connectivity index is 2.85. The highest BCUT2D eigenvalue weighted by atomic mass is 32.2. The summed E-state index contributed by atoms with van der Waals surface area (Å²) in [7, 11) is -3.69. The molecule has 0 aliphatic rings. The summed E-state index contributed by atoms with van der Waals surface area (Å²) in [6, 6.07) is 5.28. The number of hydrogen-bond donors (Lipinski definition) is 3. The van der Waals surface area contributed by atoms with Gasteiger partial charge in [-0.2, -0.15) is 11.8 Å². The van der Waals surface area contributed by atoms with Crippen molar-refractivity contribution in [3.63, 3.8) is 0 Å². The number of carboxylic acid groups (broad SMARTS) is 1. The number of aliphatic carboxylic acids is 1. The minimum absolute atomic E-state index is 0.0706. The average Bonchev–Trinajstić information content (AvgIpc) is 2.39. The number of nitrogens with one attached hydrogen (secondary N) is 1. The molecule has 6 nitrogen and oxygen atoms in total. The van der Waals surface area contributed by atoms with Crippen molar-refractivity contribution in [1.29, 1.82) is 0 Å². The highest BCUT2D eigenvalue weighted by Crippen LogP contribution is 2.15. The first-order valence-electron chi connectivity index (χ1n) is 6.27. The lowest BCUT2D eigenvalue weighted by molar-refractivity contribution is -0.136. The Kier molecular flexibility index (Phi) is 6.66. The van der Waals surface area contributed by atoms with Crippen molar-refractivity contribution < 1.29 is 23.4 Å². The molecule has 3 N–H and O–H groups in total. The predicted molar refractivity (Wildman–Crippen MR) is 82.0 cm³/mol. The van der Waals surface area contributed by atoms with Crippen molar-refractivity contribution >= 4 is 27.8 Å². The molecule has 1 aromatic carbocycles. The number of carboxylic acids is 1. The van der Waals surface area contributed by atoms with E-state index >= 15 is 0 Å². The first kappa shape index (κ1) is 18.0. The van der Waals surface area contributed by atoms with Crippen molar-refractivity contribution in [2.45, 2.75) is 29.5 Å². The summed E-state index contributed by atoms with van der Waals surface area (Å²) in [5.74, 6) is -0.969. The van der Waals surface area contributed by atoms with Crippen LogP contribution in [0.4, 0.5) is 0 Å². The van der Waals surface area contributed by atoms with Crippen LogP contribution in [0.2, 0.25) is 0 Å². The maximum absolute atomic E-state index is 12.2. The van der Waals surface area contributed by atoms with Gasteiger partial charge in [0, 0.05) is 11.3 Å². The fourth-order valence-corrected chi connectivity index (χ4v) is 3.78. The average molecular weight is 333 g/mol. The third-order valence-electron chi connectivity index (χ3n) is 2.97. The topological polar surface area (TPSA) is 104 Å². The van der Waals surface area contributed by atoms with E-state index in [0.29, 0.717) is 5.56 Å². The molecule has 0 aliphatic carbocycles. The van der Waals surface area contributed by atoms with E-state index in [2.05, 4.69) is 4.72 Å². The molecule has 8 heteroatoms. The van der Waals surface area contributed by atoms with Gasteiger partial charge in [0.1, 0.15) is 0 Å². The van der Waals surface area contributed by atoms with Crippen molar-refractivity contribution in [2.24, 2.45) is 0 Å². The molecule has 0 aromatic heterocycles. The molecule has 2 atom stereocenters. The molecule has 118 valence electrons. The molecule has 0 radical (unpaired) electrons. The number of aliphatic hydroxyl groups is 1. The number of carbonyl (C=O) groups is 1. The van der Waals surface area contributed by atoms with Gasteiger partial charge in [0.05, 0.1) is 17.9 Å². The van der Waals surface area contributed by atoms with Crippen molar-refractivity contribution in [2.75, 3.05) is 12.9 Å². The van der Waals surface area contributed by atoms with E-state index in [9.17, 15) is 18.3 Å². The standard InChI is InChI=1S/C13H19NO5S2/c1-9(12(8-15)20-2)14-21(18,19)11-5-3-10(4-6-11)7-13(16)17/h3-6,9,12,14-15H,7-8H2,1-2H3,(H,16,17). The van der Waals surface area contributed by atoms with Gasteiger partial charge < -0.3 is 10.2 Å². The van der Waals surface area contributed by atoms with Crippen LogP contribution in [0.15, 0.2) is 29.2 Å². The monoisotopic (exact) mass is 333 g/mol. The Labute approximate surface area is 128 Å². The van der Waals surface area contributed by atoms with E-state index in [4.69, 9.17) is 5.11 Å². The lowest BCUT2D eigenvalue weighted by atomic mass is 10.2. The molecule has 1 rings (SSSR count). The first-order chi connectivity index (χ1) is 9.80. The van der Waals surface area contributed by atoms with Crippen LogP contribution in [0.25, 0.3) is 0 Å². The maximum atomic E-state index is 12.2. The summed E-state index contributed by atoms with van der Waals surface area (Å²) >= 11 is 1.38. The predicted octanol–water partition coefficient (Wildman–Crippen LogP) is 0.704. The second kappa shape index (κ2) is 7.79. The lowest BCUT2D eigenvalue weighted by Crippen LogP contribution is -2.41. The Hall–Kier alpha value is -1.09. The lowest BCUT2D eigenvalue weighted by Gasteiger charge is -2.21. The smallest absolute Gasteiger partial charge is 0.307 e. The third kappa shape index (κ3) is 5.31. The number of benzene rings is 1. The van der Waals surface area contributed by atoms with Crippen molar-refractivity contribution in [3.05, 3.63) is 29.8 Å². The molecule has 21 heavy (non-hydrogen) atoms. The minimum Gasteiger partial charge on any atom is -0.481 e. The summed E-state index contributed by atoms with van der Waals surface area (Å²) in [4.78, 5) is 10.7. The quantitative estimate of drug-likeness (QED) is 0.647. The Morgan fingerprint density at radius 2 is 1.90 bits per heavy atom. The zero-order chi connectivity index (χ0) is 16.0. The zero-order valence-electron chi connectivity index (χ0n) is 11.8. The second-order valence-corrected chi connectivity index (χ2v) is 7.37. The largest absolute Gasteiger partial charge is 0.481 e. The summed E-state index contributed by atoms with van der Waals surface area (Å²) in [6.45, 7) is 1.57.